The SMILES string of the molecule is CCn1c(SC(C)C(=O)Nc2nc(C)c(C)s2)nnc1-c1cc2ccccc2o1. The number of amides is 1. The minimum Gasteiger partial charge on any atom is -0.453 e. The molecule has 4 rings (SSSR count). The van der Waals surface area contributed by atoms with E-state index < -0.39 is 0 Å². The van der Waals surface area contributed by atoms with E-state index in [9.17, 15) is 4.79 Å². The molecule has 29 heavy (non-hydrogen) atoms. The molecule has 0 aliphatic carbocycles. The maximum Gasteiger partial charge on any atom is 0.239 e. The van der Waals surface area contributed by atoms with Crippen LogP contribution in [0.1, 0.15) is 24.4 Å². The van der Waals surface area contributed by atoms with Gasteiger partial charge in [-0.2, -0.15) is 0 Å². The summed E-state index contributed by atoms with van der Waals surface area (Å²) in [6.45, 7) is 8.46. The third kappa shape index (κ3) is 3.92. The molecular formula is C20H21N5O2S2. The van der Waals surface area contributed by atoms with Crippen LogP contribution in [0.2, 0.25) is 0 Å². The average molecular weight is 428 g/mol. The highest BCUT2D eigenvalue weighted by molar-refractivity contribution is 8.00. The van der Waals surface area contributed by atoms with Crippen LogP contribution in [0.25, 0.3) is 22.6 Å². The van der Waals surface area contributed by atoms with Crippen LogP contribution in [0.15, 0.2) is 39.9 Å². The van der Waals surface area contributed by atoms with E-state index in [4.69, 9.17) is 4.42 Å². The topological polar surface area (TPSA) is 85.8 Å². The van der Waals surface area contributed by atoms with Gasteiger partial charge >= 0.3 is 0 Å². The number of aromatic nitrogens is 4. The summed E-state index contributed by atoms with van der Waals surface area (Å²) in [6.07, 6.45) is 0. The van der Waals surface area contributed by atoms with Crippen LogP contribution < -0.4 is 5.32 Å². The fourth-order valence-electron chi connectivity index (χ4n) is 2.88. The van der Waals surface area contributed by atoms with Crippen molar-refractivity contribution >= 4 is 45.1 Å². The van der Waals surface area contributed by atoms with E-state index >= 15 is 0 Å². The number of rotatable bonds is 6. The number of nitrogens with zero attached hydrogens (tertiary/aromatic N) is 4. The Morgan fingerprint density at radius 2 is 2.10 bits per heavy atom. The Hall–Kier alpha value is -2.65. The van der Waals surface area contributed by atoms with Crippen molar-refractivity contribution in [3.63, 3.8) is 0 Å². The van der Waals surface area contributed by atoms with E-state index in [1.807, 2.05) is 62.6 Å². The van der Waals surface area contributed by atoms with Gasteiger partial charge in [-0.05, 0) is 39.8 Å². The largest absolute Gasteiger partial charge is 0.453 e. The van der Waals surface area contributed by atoms with Crippen LogP contribution in [0, 0.1) is 13.8 Å². The number of aryl methyl sites for hydroxylation is 2. The summed E-state index contributed by atoms with van der Waals surface area (Å²) in [7, 11) is 0. The van der Waals surface area contributed by atoms with Crippen LogP contribution in [0.5, 0.6) is 0 Å². The van der Waals surface area contributed by atoms with Crippen molar-refractivity contribution < 1.29 is 9.21 Å². The van der Waals surface area contributed by atoms with Crippen LogP contribution in [-0.2, 0) is 11.3 Å². The van der Waals surface area contributed by atoms with Crippen molar-refractivity contribution in [2.45, 2.75) is 44.6 Å². The van der Waals surface area contributed by atoms with Gasteiger partial charge < -0.3 is 9.73 Å². The number of nitrogens with one attached hydrogen (secondary N) is 1. The van der Waals surface area contributed by atoms with Crippen molar-refractivity contribution in [3.05, 3.63) is 40.9 Å². The number of fused-ring (bicyclic) bond motifs is 1. The zero-order valence-electron chi connectivity index (χ0n) is 16.6. The highest BCUT2D eigenvalue weighted by Gasteiger charge is 2.22. The second-order valence-corrected chi connectivity index (χ2v) is 9.12. The highest BCUT2D eigenvalue weighted by atomic mass is 32.2. The summed E-state index contributed by atoms with van der Waals surface area (Å²) in [5.41, 5.74) is 1.75. The number of benzene rings is 1. The summed E-state index contributed by atoms with van der Waals surface area (Å²) in [6, 6.07) is 9.80. The fraction of sp³-hybridized carbons (Fsp3) is 0.300. The zero-order valence-corrected chi connectivity index (χ0v) is 18.2. The van der Waals surface area contributed by atoms with Crippen molar-refractivity contribution in [2.75, 3.05) is 5.32 Å². The second kappa shape index (κ2) is 8.00. The van der Waals surface area contributed by atoms with E-state index in [0.29, 0.717) is 28.4 Å². The Bertz CT molecular complexity index is 1120. The van der Waals surface area contributed by atoms with E-state index in [1.165, 1.54) is 23.1 Å². The Morgan fingerprint density at radius 1 is 1.31 bits per heavy atom. The number of carbonyl (C=O) groups excluding carboxylic acids is 1. The molecule has 4 aromatic rings. The van der Waals surface area contributed by atoms with Gasteiger partial charge in [-0.25, -0.2) is 4.98 Å². The molecular weight excluding hydrogens is 406 g/mol. The van der Waals surface area contributed by atoms with Gasteiger partial charge in [0, 0.05) is 16.8 Å². The molecule has 0 saturated carbocycles. The molecule has 1 N–H and O–H groups in total. The lowest BCUT2D eigenvalue weighted by atomic mass is 10.2. The fourth-order valence-corrected chi connectivity index (χ4v) is 4.61. The lowest BCUT2D eigenvalue weighted by Crippen LogP contribution is -2.22. The number of hydrogen-bond acceptors (Lipinski definition) is 7. The first-order valence-electron chi connectivity index (χ1n) is 9.30. The van der Waals surface area contributed by atoms with Gasteiger partial charge in [-0.1, -0.05) is 30.0 Å². The molecule has 0 bridgehead atoms. The van der Waals surface area contributed by atoms with Gasteiger partial charge in [0.15, 0.2) is 16.0 Å². The summed E-state index contributed by atoms with van der Waals surface area (Å²) < 4.78 is 7.90. The Morgan fingerprint density at radius 3 is 2.79 bits per heavy atom. The molecule has 3 aromatic heterocycles. The third-order valence-electron chi connectivity index (χ3n) is 4.59. The predicted octanol–water partition coefficient (Wildman–Crippen LogP) is 4.90. The van der Waals surface area contributed by atoms with Crippen LogP contribution in [0.4, 0.5) is 5.13 Å². The first-order valence-corrected chi connectivity index (χ1v) is 11.0. The molecule has 0 spiro atoms. The number of carbonyl (C=O) groups is 1. The van der Waals surface area contributed by atoms with Crippen LogP contribution in [0.3, 0.4) is 0 Å². The number of furan rings is 1. The molecule has 9 heteroatoms. The molecule has 0 radical (unpaired) electrons. The molecule has 1 atom stereocenters. The van der Waals surface area contributed by atoms with Gasteiger partial charge in [-0.3, -0.25) is 9.36 Å². The van der Waals surface area contributed by atoms with Gasteiger partial charge in [0.2, 0.25) is 11.7 Å². The number of thiazole rings is 1. The number of para-hydroxylation sites is 1. The lowest BCUT2D eigenvalue weighted by molar-refractivity contribution is -0.115. The minimum absolute atomic E-state index is 0.111. The Kier molecular flexibility index (Phi) is 5.42. The normalized spacial score (nSPS) is 12.4. The molecule has 0 aliphatic rings. The highest BCUT2D eigenvalue weighted by Crippen LogP contribution is 2.31. The van der Waals surface area contributed by atoms with E-state index in [1.54, 1.807) is 0 Å². The standard InChI is InChI=1S/C20H21N5O2S2/c1-5-25-17(16-10-14-8-6-7-9-15(14)27-16)23-24-20(25)29-13(4)18(26)22-19-21-11(2)12(3)28-19/h6-10,13H,5H2,1-4H3,(H,21,22,26). The smallest absolute Gasteiger partial charge is 0.239 e. The monoisotopic (exact) mass is 427 g/mol. The molecule has 1 aromatic carbocycles. The predicted molar refractivity (Wildman–Crippen MR) is 116 cm³/mol. The summed E-state index contributed by atoms with van der Waals surface area (Å²) in [5, 5.41) is 13.5. The van der Waals surface area contributed by atoms with Crippen molar-refractivity contribution in [2.24, 2.45) is 0 Å². The van der Waals surface area contributed by atoms with E-state index in [-0.39, 0.29) is 11.2 Å². The second-order valence-electron chi connectivity index (χ2n) is 6.61. The molecule has 0 aliphatic heterocycles. The molecule has 3 heterocycles. The first-order chi connectivity index (χ1) is 14.0. The Balaban J connectivity index is 1.53. The molecule has 0 fully saturated rings. The van der Waals surface area contributed by atoms with Crippen molar-refractivity contribution in [3.8, 4) is 11.6 Å². The number of anilines is 1. The quantitative estimate of drug-likeness (QED) is 0.440. The summed E-state index contributed by atoms with van der Waals surface area (Å²) >= 11 is 2.85. The maximum absolute atomic E-state index is 12.6. The Labute approximate surface area is 176 Å². The molecule has 1 amide bonds. The third-order valence-corrected chi connectivity index (χ3v) is 6.66. The summed E-state index contributed by atoms with van der Waals surface area (Å²) in [5.74, 6) is 1.21. The van der Waals surface area contributed by atoms with E-state index in [2.05, 4.69) is 20.5 Å². The molecule has 0 saturated heterocycles. The molecule has 150 valence electrons. The van der Waals surface area contributed by atoms with Crippen molar-refractivity contribution in [1.29, 1.82) is 0 Å². The van der Waals surface area contributed by atoms with Crippen LogP contribution in [-0.4, -0.2) is 30.9 Å². The number of hydrogen-bond donors (Lipinski definition) is 1. The molecule has 1 unspecified atom stereocenters. The van der Waals surface area contributed by atoms with Gasteiger partial charge in [0.25, 0.3) is 0 Å². The van der Waals surface area contributed by atoms with Crippen LogP contribution >= 0.6 is 23.1 Å². The van der Waals surface area contributed by atoms with Crippen molar-refractivity contribution in [1.82, 2.24) is 19.7 Å². The van der Waals surface area contributed by atoms with Gasteiger partial charge in [0.05, 0.1) is 10.9 Å². The first kappa shape index (κ1) is 19.7. The number of thioether (sulfide) groups is 1. The lowest BCUT2D eigenvalue weighted by Gasteiger charge is -2.11. The van der Waals surface area contributed by atoms with E-state index in [0.717, 1.165) is 21.5 Å². The van der Waals surface area contributed by atoms with Gasteiger partial charge in [0.1, 0.15) is 5.58 Å². The minimum atomic E-state index is -0.350. The molecule has 7 nitrogen and oxygen atoms in total. The summed E-state index contributed by atoms with van der Waals surface area (Å²) in [4.78, 5) is 18.1. The van der Waals surface area contributed by atoms with Gasteiger partial charge in [-0.15, -0.1) is 21.5 Å². The zero-order chi connectivity index (χ0) is 20.5. The average Bonchev–Trinajstić information content (AvgIpc) is 3.38. The maximum atomic E-state index is 12.6.